The van der Waals surface area contributed by atoms with Crippen molar-refractivity contribution in [1.82, 2.24) is 0 Å². The van der Waals surface area contributed by atoms with Gasteiger partial charge >= 0.3 is 0 Å². The average Bonchev–Trinajstić information content (AvgIpc) is 2.32. The number of hydrogen-bond acceptors (Lipinski definition) is 3. The number of hydrogen-bond donors (Lipinski definition) is 2. The molecule has 1 aromatic carbocycles. The van der Waals surface area contributed by atoms with Gasteiger partial charge in [-0.1, -0.05) is 17.7 Å². The second-order valence-corrected chi connectivity index (χ2v) is 5.24. The highest BCUT2D eigenvalue weighted by molar-refractivity contribution is 6.31. The molecular weight excluding hydrogens is 248 g/mol. The number of aliphatic hydroxyl groups is 1. The van der Waals surface area contributed by atoms with Gasteiger partial charge in [0.1, 0.15) is 0 Å². The summed E-state index contributed by atoms with van der Waals surface area (Å²) in [6, 6.07) is 6.70. The summed E-state index contributed by atoms with van der Waals surface area (Å²) in [6.45, 7) is 1.59. The highest BCUT2D eigenvalue weighted by atomic mass is 35.5. The van der Waals surface area contributed by atoms with Crippen LogP contribution in [0.5, 0.6) is 0 Å². The minimum absolute atomic E-state index is 0.234. The largest absolute Gasteiger partial charge is 0.396 e. The van der Waals surface area contributed by atoms with Crippen LogP contribution >= 0.6 is 11.6 Å². The van der Waals surface area contributed by atoms with Crippen LogP contribution in [-0.4, -0.2) is 24.3 Å². The van der Waals surface area contributed by atoms with Crippen molar-refractivity contribution in [3.8, 4) is 0 Å². The highest BCUT2D eigenvalue weighted by Gasteiger charge is 2.25. The van der Waals surface area contributed by atoms with Crippen LogP contribution < -0.4 is 10.6 Å². The van der Waals surface area contributed by atoms with E-state index in [1.807, 2.05) is 12.1 Å². The zero-order chi connectivity index (χ0) is 13.0. The third-order valence-electron chi connectivity index (χ3n) is 3.66. The molecule has 0 aliphatic heterocycles. The van der Waals surface area contributed by atoms with E-state index in [1.165, 1.54) is 19.3 Å². The van der Waals surface area contributed by atoms with Gasteiger partial charge in [0, 0.05) is 36.4 Å². The van der Waals surface area contributed by atoms with E-state index in [9.17, 15) is 0 Å². The molecule has 0 atom stereocenters. The SMILES string of the molecule is NCc1ccc(N(CCCO)C2CCC2)cc1Cl. The van der Waals surface area contributed by atoms with Crippen molar-refractivity contribution in [3.05, 3.63) is 28.8 Å². The van der Waals surface area contributed by atoms with E-state index < -0.39 is 0 Å². The first-order valence-electron chi connectivity index (χ1n) is 6.62. The Hall–Kier alpha value is -0.770. The summed E-state index contributed by atoms with van der Waals surface area (Å²) in [5.74, 6) is 0. The first kappa shape index (κ1) is 13.7. The van der Waals surface area contributed by atoms with Crippen molar-refractivity contribution < 1.29 is 5.11 Å². The summed E-state index contributed by atoms with van der Waals surface area (Å²) in [7, 11) is 0. The third kappa shape index (κ3) is 2.97. The molecule has 0 saturated heterocycles. The fourth-order valence-electron chi connectivity index (χ4n) is 2.34. The first-order chi connectivity index (χ1) is 8.76. The smallest absolute Gasteiger partial charge is 0.0471 e. The molecule has 0 unspecified atom stereocenters. The Labute approximate surface area is 114 Å². The van der Waals surface area contributed by atoms with Gasteiger partial charge in [0.05, 0.1) is 0 Å². The molecule has 100 valence electrons. The van der Waals surface area contributed by atoms with Gasteiger partial charge in [0.2, 0.25) is 0 Å². The Balaban J connectivity index is 2.15. The molecule has 0 amide bonds. The van der Waals surface area contributed by atoms with Crippen LogP contribution in [0.15, 0.2) is 18.2 Å². The molecule has 1 aliphatic rings. The van der Waals surface area contributed by atoms with E-state index in [4.69, 9.17) is 22.4 Å². The van der Waals surface area contributed by atoms with E-state index >= 15 is 0 Å². The highest BCUT2D eigenvalue weighted by Crippen LogP contribution is 2.32. The molecule has 0 spiro atoms. The molecule has 3 nitrogen and oxygen atoms in total. The molecule has 1 fully saturated rings. The standard InChI is InChI=1S/C14H21ClN2O/c15-14-9-13(6-5-11(14)10-16)17(7-2-8-18)12-3-1-4-12/h5-6,9,12,18H,1-4,7-8,10,16H2. The summed E-state index contributed by atoms with van der Waals surface area (Å²) in [6.07, 6.45) is 4.57. The van der Waals surface area contributed by atoms with Crippen molar-refractivity contribution in [1.29, 1.82) is 0 Å². The van der Waals surface area contributed by atoms with Crippen molar-refractivity contribution in [2.75, 3.05) is 18.1 Å². The van der Waals surface area contributed by atoms with E-state index in [2.05, 4.69) is 11.0 Å². The molecule has 1 aromatic rings. The van der Waals surface area contributed by atoms with Crippen LogP contribution in [-0.2, 0) is 6.54 Å². The molecule has 18 heavy (non-hydrogen) atoms. The van der Waals surface area contributed by atoms with Gasteiger partial charge in [-0.05, 0) is 43.4 Å². The van der Waals surface area contributed by atoms with Crippen molar-refractivity contribution in [2.45, 2.75) is 38.3 Å². The maximum atomic E-state index is 9.00. The van der Waals surface area contributed by atoms with E-state index in [-0.39, 0.29) is 6.61 Å². The minimum Gasteiger partial charge on any atom is -0.396 e. The number of nitrogens with two attached hydrogens (primary N) is 1. The van der Waals surface area contributed by atoms with Crippen LogP contribution in [0.1, 0.15) is 31.2 Å². The molecule has 0 aromatic heterocycles. The fraction of sp³-hybridized carbons (Fsp3) is 0.571. The second-order valence-electron chi connectivity index (χ2n) is 4.84. The zero-order valence-corrected chi connectivity index (χ0v) is 11.4. The quantitative estimate of drug-likeness (QED) is 0.834. The Morgan fingerprint density at radius 3 is 2.67 bits per heavy atom. The lowest BCUT2D eigenvalue weighted by atomic mass is 9.91. The number of benzene rings is 1. The number of anilines is 1. The molecule has 1 aliphatic carbocycles. The monoisotopic (exact) mass is 268 g/mol. The van der Waals surface area contributed by atoms with E-state index in [0.717, 1.165) is 29.2 Å². The van der Waals surface area contributed by atoms with E-state index in [1.54, 1.807) is 0 Å². The molecule has 2 rings (SSSR count). The zero-order valence-electron chi connectivity index (χ0n) is 10.6. The minimum atomic E-state index is 0.234. The molecule has 1 saturated carbocycles. The number of rotatable bonds is 6. The van der Waals surface area contributed by atoms with Crippen molar-refractivity contribution in [3.63, 3.8) is 0 Å². The normalized spacial score (nSPS) is 15.5. The molecular formula is C14H21ClN2O. The topological polar surface area (TPSA) is 49.5 Å². The summed E-state index contributed by atoms with van der Waals surface area (Å²) >= 11 is 6.22. The van der Waals surface area contributed by atoms with Gasteiger partial charge in [-0.25, -0.2) is 0 Å². The summed E-state index contributed by atoms with van der Waals surface area (Å²) < 4.78 is 0. The Morgan fingerprint density at radius 1 is 1.39 bits per heavy atom. The summed E-state index contributed by atoms with van der Waals surface area (Å²) in [5.41, 5.74) is 7.75. The number of nitrogens with zero attached hydrogens (tertiary/aromatic N) is 1. The maximum Gasteiger partial charge on any atom is 0.0471 e. The lowest BCUT2D eigenvalue weighted by Crippen LogP contribution is -2.41. The molecule has 0 bridgehead atoms. The van der Waals surface area contributed by atoms with E-state index in [0.29, 0.717) is 12.6 Å². The van der Waals surface area contributed by atoms with Gasteiger partial charge in [-0.2, -0.15) is 0 Å². The average molecular weight is 269 g/mol. The van der Waals surface area contributed by atoms with Crippen LogP contribution in [0.25, 0.3) is 0 Å². The number of halogens is 1. The van der Waals surface area contributed by atoms with Crippen molar-refractivity contribution >= 4 is 17.3 Å². The molecule has 0 radical (unpaired) electrons. The summed E-state index contributed by atoms with van der Waals surface area (Å²) in [5, 5.41) is 9.74. The van der Waals surface area contributed by atoms with Gasteiger partial charge < -0.3 is 15.7 Å². The van der Waals surface area contributed by atoms with Crippen molar-refractivity contribution in [2.24, 2.45) is 5.73 Å². The van der Waals surface area contributed by atoms with Gasteiger partial charge in [-0.3, -0.25) is 0 Å². The van der Waals surface area contributed by atoms with Crippen LogP contribution in [0, 0.1) is 0 Å². The molecule has 3 N–H and O–H groups in total. The van der Waals surface area contributed by atoms with Gasteiger partial charge in [-0.15, -0.1) is 0 Å². The maximum absolute atomic E-state index is 9.00. The van der Waals surface area contributed by atoms with Gasteiger partial charge in [0.25, 0.3) is 0 Å². The van der Waals surface area contributed by atoms with Gasteiger partial charge in [0.15, 0.2) is 0 Å². The first-order valence-corrected chi connectivity index (χ1v) is 7.00. The lowest BCUT2D eigenvalue weighted by molar-refractivity contribution is 0.283. The Morgan fingerprint density at radius 2 is 2.17 bits per heavy atom. The molecule has 4 heteroatoms. The predicted molar refractivity (Wildman–Crippen MR) is 76.0 cm³/mol. The summed E-state index contributed by atoms with van der Waals surface area (Å²) in [4.78, 5) is 2.37. The number of aliphatic hydroxyl groups excluding tert-OH is 1. The van der Waals surface area contributed by atoms with Crippen LogP contribution in [0.3, 0.4) is 0 Å². The third-order valence-corrected chi connectivity index (χ3v) is 4.01. The molecule has 0 heterocycles. The Kier molecular flexibility index (Phi) is 4.87. The lowest BCUT2D eigenvalue weighted by Gasteiger charge is -2.39. The Bertz CT molecular complexity index is 393. The fourth-order valence-corrected chi connectivity index (χ4v) is 2.59. The van der Waals surface area contributed by atoms with Crippen LogP contribution in [0.4, 0.5) is 5.69 Å². The second kappa shape index (κ2) is 6.41. The van der Waals surface area contributed by atoms with Crippen LogP contribution in [0.2, 0.25) is 5.02 Å². The predicted octanol–water partition coefficient (Wildman–Crippen LogP) is 2.54.